The molecule has 0 amide bonds. The van der Waals surface area contributed by atoms with Crippen molar-refractivity contribution in [2.75, 3.05) is 40.1 Å². The van der Waals surface area contributed by atoms with Gasteiger partial charge < -0.3 is 14.2 Å². The van der Waals surface area contributed by atoms with Gasteiger partial charge in [0, 0.05) is 13.7 Å². The summed E-state index contributed by atoms with van der Waals surface area (Å²) in [6.07, 6.45) is 2.65. The van der Waals surface area contributed by atoms with Crippen molar-refractivity contribution in [2.24, 2.45) is 0 Å². The number of benzene rings is 1. The Bertz CT molecular complexity index is 333. The summed E-state index contributed by atoms with van der Waals surface area (Å²) in [6.45, 7) is 4.47. The van der Waals surface area contributed by atoms with E-state index in [1.807, 2.05) is 24.3 Å². The lowest BCUT2D eigenvalue weighted by atomic mass is 10.3. The molecule has 0 bridgehead atoms. The fourth-order valence-electron chi connectivity index (χ4n) is 2.06. The number of methoxy groups -OCH3 is 1. The van der Waals surface area contributed by atoms with Crippen LogP contribution in [0.3, 0.4) is 0 Å². The van der Waals surface area contributed by atoms with E-state index in [1.54, 1.807) is 7.11 Å². The third-order valence-electron chi connectivity index (χ3n) is 3.04. The number of hydrogen-bond donors (Lipinski definition) is 0. The van der Waals surface area contributed by atoms with Gasteiger partial charge in [-0.25, -0.2) is 0 Å². The van der Waals surface area contributed by atoms with Crippen molar-refractivity contribution < 1.29 is 14.2 Å². The maximum Gasteiger partial charge on any atom is 0.188 e. The van der Waals surface area contributed by atoms with Gasteiger partial charge in [-0.05, 0) is 50.2 Å². The summed E-state index contributed by atoms with van der Waals surface area (Å²) in [5, 5.41) is 0. The van der Waals surface area contributed by atoms with Gasteiger partial charge in [-0.2, -0.15) is 0 Å². The largest absolute Gasteiger partial charge is 0.492 e. The first kappa shape index (κ1) is 13.2. The lowest BCUT2D eigenvalue weighted by molar-refractivity contribution is 0.0511. The van der Waals surface area contributed by atoms with E-state index in [2.05, 4.69) is 4.90 Å². The molecule has 0 atom stereocenters. The number of rotatable bonds is 7. The Morgan fingerprint density at radius 3 is 2.22 bits per heavy atom. The molecule has 1 fully saturated rings. The Morgan fingerprint density at radius 1 is 1.00 bits per heavy atom. The van der Waals surface area contributed by atoms with Crippen molar-refractivity contribution in [3.63, 3.8) is 0 Å². The first-order valence-electron chi connectivity index (χ1n) is 6.45. The van der Waals surface area contributed by atoms with Crippen LogP contribution in [0.15, 0.2) is 24.3 Å². The first-order valence-corrected chi connectivity index (χ1v) is 6.45. The molecule has 0 aliphatic carbocycles. The summed E-state index contributed by atoms with van der Waals surface area (Å²) >= 11 is 0. The predicted octanol–water partition coefficient (Wildman–Crippen LogP) is 2.14. The average Bonchev–Trinajstić information content (AvgIpc) is 2.91. The van der Waals surface area contributed by atoms with Crippen LogP contribution in [0.25, 0.3) is 0 Å². The van der Waals surface area contributed by atoms with Crippen LogP contribution in [-0.2, 0) is 4.74 Å². The molecule has 1 aromatic rings. The summed E-state index contributed by atoms with van der Waals surface area (Å²) < 4.78 is 15.8. The number of nitrogens with zero attached hydrogens (tertiary/aromatic N) is 1. The third-order valence-corrected chi connectivity index (χ3v) is 3.04. The molecule has 1 aliphatic heterocycles. The zero-order valence-corrected chi connectivity index (χ0v) is 10.9. The summed E-state index contributed by atoms with van der Waals surface area (Å²) in [5.41, 5.74) is 0. The Labute approximate surface area is 108 Å². The van der Waals surface area contributed by atoms with Crippen molar-refractivity contribution in [3.05, 3.63) is 24.3 Å². The van der Waals surface area contributed by atoms with E-state index >= 15 is 0 Å². The molecule has 1 aliphatic rings. The van der Waals surface area contributed by atoms with E-state index in [1.165, 1.54) is 25.9 Å². The quantitative estimate of drug-likeness (QED) is 0.695. The first-order chi connectivity index (χ1) is 8.88. The molecule has 100 valence electrons. The highest BCUT2D eigenvalue weighted by atomic mass is 16.7. The van der Waals surface area contributed by atoms with Crippen LogP contribution in [0.5, 0.6) is 11.5 Å². The van der Waals surface area contributed by atoms with Crippen molar-refractivity contribution >= 4 is 0 Å². The highest BCUT2D eigenvalue weighted by molar-refractivity contribution is 5.31. The second-order valence-corrected chi connectivity index (χ2v) is 4.42. The molecule has 0 unspecified atom stereocenters. The fraction of sp³-hybridized carbons (Fsp3) is 0.571. The Balaban J connectivity index is 1.68. The van der Waals surface area contributed by atoms with Crippen LogP contribution in [-0.4, -0.2) is 45.0 Å². The molecule has 1 heterocycles. The minimum Gasteiger partial charge on any atom is -0.492 e. The molecule has 1 aromatic carbocycles. The van der Waals surface area contributed by atoms with E-state index in [9.17, 15) is 0 Å². The van der Waals surface area contributed by atoms with E-state index in [4.69, 9.17) is 14.2 Å². The summed E-state index contributed by atoms with van der Waals surface area (Å²) in [4.78, 5) is 2.44. The van der Waals surface area contributed by atoms with Gasteiger partial charge in [-0.15, -0.1) is 0 Å². The van der Waals surface area contributed by atoms with Crippen molar-refractivity contribution in [1.29, 1.82) is 0 Å². The predicted molar refractivity (Wildman–Crippen MR) is 70.1 cm³/mol. The average molecular weight is 251 g/mol. The van der Waals surface area contributed by atoms with Crippen LogP contribution in [0, 0.1) is 0 Å². The molecule has 18 heavy (non-hydrogen) atoms. The van der Waals surface area contributed by atoms with Crippen LogP contribution < -0.4 is 9.47 Å². The molecule has 1 saturated heterocycles. The molecular formula is C14H21NO3. The van der Waals surface area contributed by atoms with Crippen LogP contribution >= 0.6 is 0 Å². The van der Waals surface area contributed by atoms with E-state index in [-0.39, 0.29) is 6.79 Å². The topological polar surface area (TPSA) is 30.9 Å². The normalized spacial score (nSPS) is 15.8. The lowest BCUT2D eigenvalue weighted by Gasteiger charge is -2.15. The molecule has 4 heteroatoms. The maximum atomic E-state index is 5.70. The van der Waals surface area contributed by atoms with Gasteiger partial charge in [0.05, 0.1) is 0 Å². The highest BCUT2D eigenvalue weighted by Crippen LogP contribution is 2.17. The fourth-order valence-corrected chi connectivity index (χ4v) is 2.06. The van der Waals surface area contributed by atoms with E-state index in [0.29, 0.717) is 0 Å². The molecule has 0 radical (unpaired) electrons. The molecule has 4 nitrogen and oxygen atoms in total. The molecule has 0 aromatic heterocycles. The Kier molecular flexibility index (Phi) is 5.30. The zero-order chi connectivity index (χ0) is 12.6. The molecule has 0 spiro atoms. The van der Waals surface area contributed by atoms with Crippen molar-refractivity contribution in [2.45, 2.75) is 12.8 Å². The van der Waals surface area contributed by atoms with Gasteiger partial charge in [-0.1, -0.05) is 0 Å². The number of hydrogen-bond acceptors (Lipinski definition) is 4. The number of ether oxygens (including phenoxy) is 3. The monoisotopic (exact) mass is 251 g/mol. The summed E-state index contributed by atoms with van der Waals surface area (Å²) in [7, 11) is 1.61. The number of likely N-dealkylation sites (tertiary alicyclic amines) is 1. The Hall–Kier alpha value is -1.26. The van der Waals surface area contributed by atoms with E-state index < -0.39 is 0 Å². The highest BCUT2D eigenvalue weighted by Gasteiger charge is 2.10. The summed E-state index contributed by atoms with van der Waals surface area (Å²) in [5.74, 6) is 1.68. The van der Waals surface area contributed by atoms with Crippen molar-refractivity contribution in [1.82, 2.24) is 4.90 Å². The molecule has 2 rings (SSSR count). The molecular weight excluding hydrogens is 230 g/mol. The maximum absolute atomic E-state index is 5.70. The van der Waals surface area contributed by atoms with Crippen molar-refractivity contribution in [3.8, 4) is 11.5 Å². The minimum absolute atomic E-state index is 0.273. The van der Waals surface area contributed by atoms with E-state index in [0.717, 1.165) is 24.7 Å². The minimum atomic E-state index is 0.273. The van der Waals surface area contributed by atoms with Crippen LogP contribution in [0.2, 0.25) is 0 Å². The smallest absolute Gasteiger partial charge is 0.188 e. The molecule has 0 N–H and O–H groups in total. The second kappa shape index (κ2) is 7.24. The van der Waals surface area contributed by atoms with Gasteiger partial charge in [0.1, 0.15) is 18.1 Å². The van der Waals surface area contributed by atoms with Gasteiger partial charge in [0.2, 0.25) is 0 Å². The van der Waals surface area contributed by atoms with Crippen LogP contribution in [0.4, 0.5) is 0 Å². The SMILES string of the molecule is COCOc1ccc(OCCN2CCCC2)cc1. The third kappa shape index (κ3) is 4.20. The summed E-state index contributed by atoms with van der Waals surface area (Å²) in [6, 6.07) is 7.64. The van der Waals surface area contributed by atoms with Gasteiger partial charge >= 0.3 is 0 Å². The zero-order valence-electron chi connectivity index (χ0n) is 10.9. The Morgan fingerprint density at radius 2 is 1.61 bits per heavy atom. The van der Waals surface area contributed by atoms with Gasteiger partial charge in [-0.3, -0.25) is 4.90 Å². The molecule has 0 saturated carbocycles. The standard InChI is InChI=1S/C14H21NO3/c1-16-12-18-14-6-4-13(5-7-14)17-11-10-15-8-2-3-9-15/h4-7H,2-3,8-12H2,1H3. The second-order valence-electron chi connectivity index (χ2n) is 4.42. The van der Waals surface area contributed by atoms with Gasteiger partial charge in [0.15, 0.2) is 6.79 Å². The lowest BCUT2D eigenvalue weighted by Crippen LogP contribution is -2.25. The van der Waals surface area contributed by atoms with Gasteiger partial charge in [0.25, 0.3) is 0 Å². The van der Waals surface area contributed by atoms with Crippen LogP contribution in [0.1, 0.15) is 12.8 Å².